The van der Waals surface area contributed by atoms with Crippen LogP contribution in [0.4, 0.5) is 0 Å². The number of nitrogens with two attached hydrogens (primary N) is 1. The fourth-order valence-electron chi connectivity index (χ4n) is 0.557. The molecule has 0 aromatic heterocycles. The van der Waals surface area contributed by atoms with Crippen LogP contribution in [0.25, 0.3) is 0 Å². The van der Waals surface area contributed by atoms with Crippen molar-refractivity contribution < 1.29 is 39.9 Å². The fourth-order valence-corrected chi connectivity index (χ4v) is 0.557. The molecule has 1 rings (SSSR count). The van der Waals surface area contributed by atoms with Crippen molar-refractivity contribution in [3.8, 4) is 0 Å². The topological polar surface area (TPSA) is 26.0 Å². The monoisotopic (exact) mass is 264 g/mol. The van der Waals surface area contributed by atoms with Crippen molar-refractivity contribution in [1.82, 2.24) is 0 Å². The third kappa shape index (κ3) is 3.26. The van der Waals surface area contributed by atoms with E-state index in [2.05, 4.69) is 6.07 Å². The summed E-state index contributed by atoms with van der Waals surface area (Å²) < 4.78 is 0. The number of hydrogen-bond donors (Lipinski definition) is 1. The molecule has 2 N–H and O–H groups in total. The van der Waals surface area contributed by atoms with Crippen molar-refractivity contribution in [2.75, 3.05) is 0 Å². The molecule has 50 valence electrons. The smallest absolute Gasteiger partial charge is 0 e. The van der Waals surface area contributed by atoms with Gasteiger partial charge in [-0.1, -0.05) is 0 Å². The Labute approximate surface area is 87.3 Å². The van der Waals surface area contributed by atoms with Gasteiger partial charge in [0.2, 0.25) is 0 Å². The average Bonchev–Trinajstić information content (AvgIpc) is 1.90. The summed E-state index contributed by atoms with van der Waals surface area (Å²) in [5.74, 6) is 0. The predicted molar refractivity (Wildman–Crippen MR) is 33.2 cm³/mol. The van der Waals surface area contributed by atoms with E-state index >= 15 is 0 Å². The zero-order valence-corrected chi connectivity index (χ0v) is 7.22. The van der Waals surface area contributed by atoms with Crippen molar-refractivity contribution >= 4 is 0 Å². The van der Waals surface area contributed by atoms with Gasteiger partial charge >= 0.3 is 0 Å². The Bertz CT molecular complexity index is 150. The minimum absolute atomic E-state index is 0. The Morgan fingerprint density at radius 2 is 1.89 bits per heavy atom. The zero-order chi connectivity index (χ0) is 5.82. The molecule has 0 heterocycles. The second kappa shape index (κ2) is 5.30. The molecule has 0 amide bonds. The van der Waals surface area contributed by atoms with E-state index in [4.69, 9.17) is 5.73 Å². The molecule has 1 nitrogen and oxygen atoms in total. The fraction of sp³-hybridized carbons (Fsp3) is 0.143. The molecular weight excluding hydrogens is 255 g/mol. The third-order valence-corrected chi connectivity index (χ3v) is 1.02. The second-order valence-electron chi connectivity index (χ2n) is 1.61. The van der Waals surface area contributed by atoms with Gasteiger partial charge in [0.25, 0.3) is 0 Å². The third-order valence-electron chi connectivity index (χ3n) is 1.02. The van der Waals surface area contributed by atoms with E-state index in [9.17, 15) is 0 Å². The summed E-state index contributed by atoms with van der Waals surface area (Å²) in [6, 6.07) is 10.6. The SMILES string of the molecule is NCc1cc[c-]cc1.[Gd]. The molecule has 0 radical (unpaired) electrons. The van der Waals surface area contributed by atoms with Crippen molar-refractivity contribution in [3.05, 3.63) is 35.9 Å². The molecule has 1 aromatic rings. The van der Waals surface area contributed by atoms with Gasteiger partial charge < -0.3 is 5.73 Å². The van der Waals surface area contributed by atoms with E-state index in [0.29, 0.717) is 6.54 Å². The van der Waals surface area contributed by atoms with Gasteiger partial charge in [0.05, 0.1) is 0 Å². The number of hydrogen-bond acceptors (Lipinski definition) is 1. The minimum atomic E-state index is 0. The van der Waals surface area contributed by atoms with Gasteiger partial charge in [0.1, 0.15) is 0 Å². The van der Waals surface area contributed by atoms with Crippen molar-refractivity contribution in [3.63, 3.8) is 0 Å². The van der Waals surface area contributed by atoms with Crippen molar-refractivity contribution in [2.45, 2.75) is 6.54 Å². The summed E-state index contributed by atoms with van der Waals surface area (Å²) in [6.07, 6.45) is 0. The second-order valence-corrected chi connectivity index (χ2v) is 1.61. The largest absolute Gasteiger partial charge is 0.328 e. The van der Waals surface area contributed by atoms with Gasteiger partial charge in [-0.15, -0.1) is 5.56 Å². The maximum Gasteiger partial charge on any atom is 0 e. The van der Waals surface area contributed by atoms with Gasteiger partial charge in [-0.25, -0.2) is 0 Å². The summed E-state index contributed by atoms with van der Waals surface area (Å²) in [6.45, 7) is 0.620. The minimum Gasteiger partial charge on any atom is -0.328 e. The maximum atomic E-state index is 5.34. The van der Waals surface area contributed by atoms with Crippen LogP contribution in [0.5, 0.6) is 0 Å². The average molecular weight is 263 g/mol. The van der Waals surface area contributed by atoms with Crippen LogP contribution in [0, 0.1) is 46.0 Å². The summed E-state index contributed by atoms with van der Waals surface area (Å²) in [5, 5.41) is 0. The first kappa shape index (κ1) is 9.50. The molecule has 0 bridgehead atoms. The molecule has 1 aromatic carbocycles. The van der Waals surface area contributed by atoms with Crippen LogP contribution in [-0.2, 0) is 6.54 Å². The molecule has 0 fully saturated rings. The van der Waals surface area contributed by atoms with E-state index in [1.807, 2.05) is 24.3 Å². The van der Waals surface area contributed by atoms with Gasteiger partial charge in [0, 0.05) is 39.9 Å². The van der Waals surface area contributed by atoms with Crippen LogP contribution >= 0.6 is 0 Å². The molecule has 0 aliphatic carbocycles. The van der Waals surface area contributed by atoms with Crippen molar-refractivity contribution in [2.24, 2.45) is 5.73 Å². The maximum absolute atomic E-state index is 5.34. The van der Waals surface area contributed by atoms with Gasteiger partial charge in [-0.05, 0) is 6.54 Å². The molecular formula is C7H8GdN-. The molecule has 0 spiro atoms. The summed E-state index contributed by atoms with van der Waals surface area (Å²) in [7, 11) is 0. The van der Waals surface area contributed by atoms with Crippen LogP contribution in [0.1, 0.15) is 5.56 Å². The Morgan fingerprint density at radius 3 is 2.22 bits per heavy atom. The first-order valence-corrected chi connectivity index (χ1v) is 2.58. The molecule has 0 saturated carbocycles. The molecule has 0 aliphatic rings. The van der Waals surface area contributed by atoms with Gasteiger partial charge in [-0.3, -0.25) is 0 Å². The van der Waals surface area contributed by atoms with Crippen LogP contribution in [0.2, 0.25) is 0 Å². The quantitative estimate of drug-likeness (QED) is 0.750. The predicted octanol–water partition coefficient (Wildman–Crippen LogP) is 0.945. The van der Waals surface area contributed by atoms with Crippen LogP contribution in [0.15, 0.2) is 24.3 Å². The molecule has 9 heavy (non-hydrogen) atoms. The number of rotatable bonds is 1. The summed E-state index contributed by atoms with van der Waals surface area (Å²) in [4.78, 5) is 0. The Kier molecular flexibility index (Phi) is 5.60. The van der Waals surface area contributed by atoms with E-state index in [1.54, 1.807) is 0 Å². The Balaban J connectivity index is 0.000000640. The Morgan fingerprint density at radius 1 is 1.33 bits per heavy atom. The Hall–Kier alpha value is 0.505. The molecule has 2 heteroatoms. The van der Waals surface area contributed by atoms with Gasteiger partial charge in [-0.2, -0.15) is 30.3 Å². The van der Waals surface area contributed by atoms with Crippen LogP contribution in [-0.4, -0.2) is 0 Å². The van der Waals surface area contributed by atoms with Crippen LogP contribution < -0.4 is 5.73 Å². The molecule has 0 unspecified atom stereocenters. The molecule has 0 saturated heterocycles. The summed E-state index contributed by atoms with van der Waals surface area (Å²) >= 11 is 0. The van der Waals surface area contributed by atoms with E-state index in [-0.39, 0.29) is 39.9 Å². The number of benzene rings is 1. The van der Waals surface area contributed by atoms with E-state index in [0.717, 1.165) is 5.56 Å². The standard InChI is InChI=1S/C7H8N.Gd/c8-6-7-4-2-1-3-5-7;/h2-5H,6,8H2;/q-1;. The van der Waals surface area contributed by atoms with E-state index in [1.165, 1.54) is 0 Å². The first-order valence-electron chi connectivity index (χ1n) is 2.58. The summed E-state index contributed by atoms with van der Waals surface area (Å²) in [5.41, 5.74) is 6.49. The molecule has 0 atom stereocenters. The molecule has 0 aliphatic heterocycles. The van der Waals surface area contributed by atoms with E-state index < -0.39 is 0 Å². The van der Waals surface area contributed by atoms with Crippen LogP contribution in [0.3, 0.4) is 0 Å². The zero-order valence-electron chi connectivity index (χ0n) is 4.95. The van der Waals surface area contributed by atoms with Crippen molar-refractivity contribution in [1.29, 1.82) is 0 Å². The van der Waals surface area contributed by atoms with Gasteiger partial charge in [0.15, 0.2) is 0 Å². The first-order chi connectivity index (χ1) is 3.93. The normalized spacial score (nSPS) is 8.11.